The third-order valence-corrected chi connectivity index (χ3v) is 3.17. The molecule has 1 aliphatic rings. The van der Waals surface area contributed by atoms with Crippen LogP contribution in [0, 0.1) is 0 Å². The molecule has 0 bridgehead atoms. The summed E-state index contributed by atoms with van der Waals surface area (Å²) in [5.74, 6) is -0.248. The number of hydrogen-bond donors (Lipinski definition) is 2. The zero-order chi connectivity index (χ0) is 13.9. The van der Waals surface area contributed by atoms with Gasteiger partial charge >= 0.3 is 6.36 Å². The van der Waals surface area contributed by atoms with Gasteiger partial charge in [0.2, 0.25) is 0 Å². The van der Waals surface area contributed by atoms with Crippen molar-refractivity contribution in [1.29, 1.82) is 0 Å². The second-order valence-corrected chi connectivity index (χ2v) is 4.67. The SMILES string of the molecule is O[C@H]1CCCC[C@@H]1Nc1ccc(OC(F)(F)F)cc1. The van der Waals surface area contributed by atoms with E-state index in [-0.39, 0.29) is 11.8 Å². The summed E-state index contributed by atoms with van der Waals surface area (Å²) < 4.78 is 39.8. The second-order valence-electron chi connectivity index (χ2n) is 4.67. The van der Waals surface area contributed by atoms with E-state index in [2.05, 4.69) is 10.1 Å². The molecule has 0 aromatic heterocycles. The number of aliphatic hydroxyl groups is 1. The van der Waals surface area contributed by atoms with Crippen LogP contribution in [0.1, 0.15) is 25.7 Å². The van der Waals surface area contributed by atoms with Crippen molar-refractivity contribution in [2.75, 3.05) is 5.32 Å². The Bertz CT molecular complexity index is 405. The van der Waals surface area contributed by atoms with Gasteiger partial charge in [0, 0.05) is 5.69 Å². The lowest BCUT2D eigenvalue weighted by Gasteiger charge is -2.29. The van der Waals surface area contributed by atoms with E-state index in [1.165, 1.54) is 24.3 Å². The molecule has 0 saturated heterocycles. The first-order valence-corrected chi connectivity index (χ1v) is 6.24. The highest BCUT2D eigenvalue weighted by Gasteiger charge is 2.31. The van der Waals surface area contributed by atoms with Gasteiger partial charge < -0.3 is 15.2 Å². The average molecular weight is 275 g/mol. The van der Waals surface area contributed by atoms with Crippen molar-refractivity contribution in [3.8, 4) is 5.75 Å². The molecule has 3 nitrogen and oxygen atoms in total. The summed E-state index contributed by atoms with van der Waals surface area (Å²) in [6.45, 7) is 0. The van der Waals surface area contributed by atoms with Crippen molar-refractivity contribution in [2.24, 2.45) is 0 Å². The first kappa shape index (κ1) is 14.0. The van der Waals surface area contributed by atoms with Gasteiger partial charge in [-0.05, 0) is 37.1 Å². The van der Waals surface area contributed by atoms with E-state index in [4.69, 9.17) is 0 Å². The molecule has 0 amide bonds. The second kappa shape index (κ2) is 5.69. The lowest BCUT2D eigenvalue weighted by atomic mass is 9.92. The number of alkyl halides is 3. The number of anilines is 1. The minimum Gasteiger partial charge on any atom is -0.406 e. The Hall–Kier alpha value is -1.43. The highest BCUT2D eigenvalue weighted by Crippen LogP contribution is 2.26. The average Bonchev–Trinajstić information content (AvgIpc) is 2.33. The van der Waals surface area contributed by atoms with E-state index in [9.17, 15) is 18.3 Å². The Labute approximate surface area is 109 Å². The molecule has 0 radical (unpaired) electrons. The monoisotopic (exact) mass is 275 g/mol. The lowest BCUT2D eigenvalue weighted by molar-refractivity contribution is -0.274. The fourth-order valence-electron chi connectivity index (χ4n) is 2.25. The molecular weight excluding hydrogens is 259 g/mol. The highest BCUT2D eigenvalue weighted by molar-refractivity contribution is 5.47. The van der Waals surface area contributed by atoms with Gasteiger partial charge in [0.25, 0.3) is 0 Å². The van der Waals surface area contributed by atoms with Crippen LogP contribution in [0.15, 0.2) is 24.3 Å². The zero-order valence-corrected chi connectivity index (χ0v) is 10.3. The quantitative estimate of drug-likeness (QED) is 0.889. The van der Waals surface area contributed by atoms with Crippen LogP contribution in [-0.4, -0.2) is 23.6 Å². The van der Waals surface area contributed by atoms with Gasteiger partial charge in [-0.2, -0.15) is 0 Å². The first-order chi connectivity index (χ1) is 8.94. The van der Waals surface area contributed by atoms with Crippen LogP contribution >= 0.6 is 0 Å². The molecule has 0 unspecified atom stereocenters. The third kappa shape index (κ3) is 4.31. The van der Waals surface area contributed by atoms with E-state index in [1.807, 2.05) is 0 Å². The van der Waals surface area contributed by atoms with Gasteiger partial charge in [-0.15, -0.1) is 13.2 Å². The van der Waals surface area contributed by atoms with E-state index in [0.29, 0.717) is 5.69 Å². The summed E-state index contributed by atoms with van der Waals surface area (Å²) in [7, 11) is 0. The molecule has 0 aliphatic heterocycles. The summed E-state index contributed by atoms with van der Waals surface area (Å²) in [6, 6.07) is 5.50. The molecule has 106 valence electrons. The Morgan fingerprint density at radius 1 is 1.11 bits per heavy atom. The molecule has 2 rings (SSSR count). The molecule has 0 spiro atoms. The maximum absolute atomic E-state index is 12.0. The number of aliphatic hydroxyl groups excluding tert-OH is 1. The van der Waals surface area contributed by atoms with Gasteiger partial charge in [0.1, 0.15) is 5.75 Å². The number of benzene rings is 1. The van der Waals surface area contributed by atoms with E-state index in [1.54, 1.807) is 0 Å². The summed E-state index contributed by atoms with van der Waals surface area (Å²) in [4.78, 5) is 0. The Morgan fingerprint density at radius 2 is 1.74 bits per heavy atom. The first-order valence-electron chi connectivity index (χ1n) is 6.24. The number of rotatable bonds is 3. The number of halogens is 3. The predicted octanol–water partition coefficient (Wildman–Crippen LogP) is 3.30. The van der Waals surface area contributed by atoms with Gasteiger partial charge in [-0.1, -0.05) is 12.8 Å². The van der Waals surface area contributed by atoms with Crippen LogP contribution < -0.4 is 10.1 Å². The molecule has 1 saturated carbocycles. The topological polar surface area (TPSA) is 41.5 Å². The van der Waals surface area contributed by atoms with E-state index < -0.39 is 12.5 Å². The standard InChI is InChI=1S/C13H16F3NO2/c14-13(15,16)19-10-7-5-9(6-8-10)17-11-3-1-2-4-12(11)18/h5-8,11-12,17-18H,1-4H2/t11-,12-/m0/s1. The Morgan fingerprint density at radius 3 is 2.32 bits per heavy atom. The summed E-state index contributed by atoms with van der Waals surface area (Å²) >= 11 is 0. The largest absolute Gasteiger partial charge is 0.573 e. The van der Waals surface area contributed by atoms with Crippen LogP contribution in [-0.2, 0) is 0 Å². The van der Waals surface area contributed by atoms with Crippen molar-refractivity contribution in [3.63, 3.8) is 0 Å². The summed E-state index contributed by atoms with van der Waals surface area (Å²) in [5.41, 5.74) is 0.681. The molecule has 1 aromatic rings. The van der Waals surface area contributed by atoms with Crippen molar-refractivity contribution < 1.29 is 23.0 Å². The van der Waals surface area contributed by atoms with Crippen LogP contribution in [0.2, 0.25) is 0 Å². The lowest BCUT2D eigenvalue weighted by Crippen LogP contribution is -2.36. The minimum absolute atomic E-state index is 0.0388. The smallest absolute Gasteiger partial charge is 0.406 e. The van der Waals surface area contributed by atoms with Gasteiger partial charge in [0.15, 0.2) is 0 Å². The van der Waals surface area contributed by atoms with E-state index >= 15 is 0 Å². The number of hydrogen-bond acceptors (Lipinski definition) is 3. The van der Waals surface area contributed by atoms with Crippen LogP contribution in [0.4, 0.5) is 18.9 Å². The number of ether oxygens (including phenoxy) is 1. The summed E-state index contributed by atoms with van der Waals surface area (Å²) in [5, 5.41) is 12.9. The van der Waals surface area contributed by atoms with Crippen molar-refractivity contribution in [2.45, 2.75) is 44.2 Å². The minimum atomic E-state index is -4.67. The highest BCUT2D eigenvalue weighted by atomic mass is 19.4. The van der Waals surface area contributed by atoms with Gasteiger partial charge in [-0.25, -0.2) is 0 Å². The molecule has 2 atom stereocenters. The normalized spacial score (nSPS) is 24.0. The van der Waals surface area contributed by atoms with Gasteiger partial charge in [-0.3, -0.25) is 0 Å². The third-order valence-electron chi connectivity index (χ3n) is 3.17. The predicted molar refractivity (Wildman–Crippen MR) is 65.0 cm³/mol. The molecule has 0 heterocycles. The van der Waals surface area contributed by atoms with Crippen molar-refractivity contribution >= 4 is 5.69 Å². The molecule has 1 fully saturated rings. The fourth-order valence-corrected chi connectivity index (χ4v) is 2.25. The Kier molecular flexibility index (Phi) is 4.19. The molecule has 2 N–H and O–H groups in total. The molecule has 6 heteroatoms. The van der Waals surface area contributed by atoms with Crippen molar-refractivity contribution in [1.82, 2.24) is 0 Å². The van der Waals surface area contributed by atoms with Crippen LogP contribution in [0.3, 0.4) is 0 Å². The maximum Gasteiger partial charge on any atom is 0.573 e. The fraction of sp³-hybridized carbons (Fsp3) is 0.538. The molecule has 19 heavy (non-hydrogen) atoms. The van der Waals surface area contributed by atoms with Crippen molar-refractivity contribution in [3.05, 3.63) is 24.3 Å². The number of nitrogens with one attached hydrogen (secondary N) is 1. The van der Waals surface area contributed by atoms with E-state index in [0.717, 1.165) is 25.7 Å². The van der Waals surface area contributed by atoms with Gasteiger partial charge in [0.05, 0.1) is 12.1 Å². The molecular formula is C13H16F3NO2. The summed E-state index contributed by atoms with van der Waals surface area (Å²) in [6.07, 6.45) is -1.40. The van der Waals surface area contributed by atoms with Crippen LogP contribution in [0.5, 0.6) is 5.75 Å². The molecule has 1 aliphatic carbocycles. The Balaban J connectivity index is 1.94. The molecule has 1 aromatic carbocycles. The van der Waals surface area contributed by atoms with Crippen LogP contribution in [0.25, 0.3) is 0 Å². The maximum atomic E-state index is 12.0. The zero-order valence-electron chi connectivity index (χ0n) is 10.3.